The molecule has 0 aliphatic heterocycles. The Morgan fingerprint density at radius 3 is 2.43 bits per heavy atom. The first-order chi connectivity index (χ1) is 14.1. The van der Waals surface area contributed by atoms with Gasteiger partial charge < -0.3 is 16.0 Å². The normalized spacial score (nSPS) is 12.1. The molecule has 0 fully saturated rings. The maximum atomic E-state index is 12.0. The summed E-state index contributed by atoms with van der Waals surface area (Å²) in [6.07, 6.45) is 4.20. The van der Waals surface area contributed by atoms with Gasteiger partial charge in [0, 0.05) is 51.7 Å². The third-order valence-electron chi connectivity index (χ3n) is 4.73. The van der Waals surface area contributed by atoms with E-state index in [0.29, 0.717) is 24.7 Å². The second-order valence-electron chi connectivity index (χ2n) is 6.96. The zero-order chi connectivity index (χ0) is 20.9. The Morgan fingerprint density at radius 1 is 1.07 bits per heavy atom. The van der Waals surface area contributed by atoms with Gasteiger partial charge >= 0.3 is 0 Å². The largest absolute Gasteiger partial charge is 0.356 e. The van der Waals surface area contributed by atoms with E-state index < -0.39 is 0 Å². The molecule has 7 nitrogen and oxygen atoms in total. The van der Waals surface area contributed by atoms with Crippen molar-refractivity contribution in [3.63, 3.8) is 0 Å². The van der Waals surface area contributed by atoms with Crippen LogP contribution in [0.3, 0.4) is 0 Å². The molecule has 0 bridgehead atoms. The van der Waals surface area contributed by atoms with Crippen LogP contribution in [0.1, 0.15) is 29.3 Å². The van der Waals surface area contributed by atoms with Crippen LogP contribution in [0.4, 0.5) is 0 Å². The van der Waals surface area contributed by atoms with Gasteiger partial charge in [-0.3, -0.25) is 19.7 Å². The number of halogens is 1. The molecule has 0 spiro atoms. The van der Waals surface area contributed by atoms with E-state index >= 15 is 0 Å². The first-order valence-corrected chi connectivity index (χ1v) is 9.97. The number of rotatable bonds is 10. The van der Waals surface area contributed by atoms with Gasteiger partial charge in [0.25, 0.3) is 5.91 Å². The number of benzene rings is 1. The molecule has 8 heteroatoms. The number of carbonyl (C=O) groups is 1. The Balaban J connectivity index is 0.00000450. The summed E-state index contributed by atoms with van der Waals surface area (Å²) in [5, 5.41) is 9.40. The number of nitrogens with zero attached hydrogens (tertiary/aromatic N) is 3. The molecule has 1 aromatic carbocycles. The van der Waals surface area contributed by atoms with Crippen molar-refractivity contribution in [2.45, 2.75) is 25.9 Å². The second kappa shape index (κ2) is 14.7. The fourth-order valence-corrected chi connectivity index (χ4v) is 2.82. The quantitative estimate of drug-likeness (QED) is 0.193. The molecular weight excluding hydrogens is 491 g/mol. The van der Waals surface area contributed by atoms with Crippen LogP contribution < -0.4 is 16.0 Å². The van der Waals surface area contributed by atoms with Crippen molar-refractivity contribution >= 4 is 35.8 Å². The number of amides is 1. The molecule has 1 amide bonds. The lowest BCUT2D eigenvalue weighted by atomic mass is 10.1. The molecule has 0 saturated carbocycles. The maximum Gasteiger partial charge on any atom is 0.252 e. The van der Waals surface area contributed by atoms with Crippen LogP contribution in [0.2, 0.25) is 0 Å². The summed E-state index contributed by atoms with van der Waals surface area (Å²) in [5.74, 6) is 0.608. The molecule has 1 aromatic heterocycles. The molecule has 1 unspecified atom stereocenters. The lowest BCUT2D eigenvalue weighted by molar-refractivity contribution is 0.0954. The van der Waals surface area contributed by atoms with Crippen LogP contribution in [0.5, 0.6) is 0 Å². The highest BCUT2D eigenvalue weighted by molar-refractivity contribution is 14.0. The first kappa shape index (κ1) is 25.8. The van der Waals surface area contributed by atoms with E-state index in [0.717, 1.165) is 25.5 Å². The van der Waals surface area contributed by atoms with Crippen LogP contribution >= 0.6 is 24.0 Å². The van der Waals surface area contributed by atoms with Gasteiger partial charge in [-0.1, -0.05) is 30.3 Å². The molecule has 1 heterocycles. The van der Waals surface area contributed by atoms with Crippen LogP contribution in [-0.4, -0.2) is 61.5 Å². The van der Waals surface area contributed by atoms with Gasteiger partial charge in [0.2, 0.25) is 0 Å². The molecule has 0 aliphatic rings. The summed E-state index contributed by atoms with van der Waals surface area (Å²) < 4.78 is 0. The van der Waals surface area contributed by atoms with Crippen molar-refractivity contribution in [2.24, 2.45) is 4.99 Å². The predicted molar refractivity (Wildman–Crippen MR) is 133 cm³/mol. The van der Waals surface area contributed by atoms with Crippen molar-refractivity contribution in [1.82, 2.24) is 25.8 Å². The van der Waals surface area contributed by atoms with Crippen LogP contribution in [0.15, 0.2) is 59.9 Å². The third kappa shape index (κ3) is 9.53. The topological polar surface area (TPSA) is 81.6 Å². The van der Waals surface area contributed by atoms with Crippen LogP contribution in [0, 0.1) is 0 Å². The molecule has 30 heavy (non-hydrogen) atoms. The lowest BCUT2D eigenvalue weighted by Crippen LogP contribution is -2.43. The minimum atomic E-state index is -0.127. The molecule has 2 aromatic rings. The Kier molecular flexibility index (Phi) is 12.7. The van der Waals surface area contributed by atoms with E-state index in [2.05, 4.69) is 69.1 Å². The van der Waals surface area contributed by atoms with Crippen molar-refractivity contribution in [2.75, 3.05) is 33.7 Å². The Labute approximate surface area is 196 Å². The predicted octanol–water partition coefficient (Wildman–Crippen LogP) is 2.51. The average Bonchev–Trinajstić information content (AvgIpc) is 2.76. The lowest BCUT2D eigenvalue weighted by Gasteiger charge is -2.25. The Bertz CT molecular complexity index is 757. The van der Waals surface area contributed by atoms with Crippen molar-refractivity contribution in [3.8, 4) is 0 Å². The number of aliphatic imine (C=N–C) groups is 1. The van der Waals surface area contributed by atoms with E-state index in [1.54, 1.807) is 31.6 Å². The highest BCUT2D eigenvalue weighted by Crippen LogP contribution is 2.07. The zero-order valence-electron chi connectivity index (χ0n) is 18.0. The number of pyridine rings is 1. The minimum absolute atomic E-state index is 0. The molecule has 0 saturated heterocycles. The van der Waals surface area contributed by atoms with E-state index in [9.17, 15) is 4.79 Å². The molecule has 2 rings (SSSR count). The van der Waals surface area contributed by atoms with Crippen LogP contribution in [-0.2, 0) is 6.54 Å². The monoisotopic (exact) mass is 524 g/mol. The summed E-state index contributed by atoms with van der Waals surface area (Å²) in [7, 11) is 3.89. The Morgan fingerprint density at radius 2 is 1.77 bits per heavy atom. The number of hydrogen-bond acceptors (Lipinski definition) is 4. The van der Waals surface area contributed by atoms with Gasteiger partial charge in [0.15, 0.2) is 5.96 Å². The van der Waals surface area contributed by atoms with Crippen molar-refractivity contribution < 1.29 is 4.79 Å². The molecule has 3 N–H and O–H groups in total. The van der Waals surface area contributed by atoms with Gasteiger partial charge in [-0.2, -0.15) is 0 Å². The highest BCUT2D eigenvalue weighted by atomic mass is 127. The van der Waals surface area contributed by atoms with Crippen LogP contribution in [0.25, 0.3) is 0 Å². The minimum Gasteiger partial charge on any atom is -0.356 e. The highest BCUT2D eigenvalue weighted by Gasteiger charge is 2.10. The van der Waals surface area contributed by atoms with E-state index in [-0.39, 0.29) is 29.9 Å². The summed E-state index contributed by atoms with van der Waals surface area (Å²) in [6, 6.07) is 14.4. The van der Waals surface area contributed by atoms with Gasteiger partial charge in [-0.05, 0) is 38.1 Å². The van der Waals surface area contributed by atoms with E-state index in [1.165, 1.54) is 5.56 Å². The average molecular weight is 524 g/mol. The number of guanidine groups is 1. The SMILES string of the molecule is CN=C(NCCNC(=O)c1cccnc1)NCCC(C)N(C)Cc1ccccc1.I. The molecule has 0 aliphatic carbocycles. The number of aromatic nitrogens is 1. The first-order valence-electron chi connectivity index (χ1n) is 9.97. The molecular formula is C22H33IN6O. The number of hydrogen-bond donors (Lipinski definition) is 3. The summed E-state index contributed by atoms with van der Waals surface area (Å²) in [5.41, 5.74) is 1.88. The zero-order valence-corrected chi connectivity index (χ0v) is 20.3. The molecule has 164 valence electrons. The third-order valence-corrected chi connectivity index (χ3v) is 4.73. The van der Waals surface area contributed by atoms with Gasteiger partial charge in [0.1, 0.15) is 0 Å². The van der Waals surface area contributed by atoms with E-state index in [1.807, 2.05) is 6.07 Å². The van der Waals surface area contributed by atoms with Crippen molar-refractivity contribution in [1.29, 1.82) is 0 Å². The summed E-state index contributed by atoms with van der Waals surface area (Å²) >= 11 is 0. The smallest absolute Gasteiger partial charge is 0.252 e. The maximum absolute atomic E-state index is 12.0. The van der Waals surface area contributed by atoms with E-state index in [4.69, 9.17) is 0 Å². The molecule has 1 atom stereocenters. The molecule has 0 radical (unpaired) electrons. The Hall–Kier alpha value is -2.20. The second-order valence-corrected chi connectivity index (χ2v) is 6.96. The van der Waals surface area contributed by atoms with Crippen molar-refractivity contribution in [3.05, 3.63) is 66.0 Å². The number of nitrogens with one attached hydrogen (secondary N) is 3. The fourth-order valence-electron chi connectivity index (χ4n) is 2.82. The summed E-state index contributed by atoms with van der Waals surface area (Å²) in [6.45, 7) is 5.09. The number of carbonyl (C=O) groups excluding carboxylic acids is 1. The fraction of sp³-hybridized carbons (Fsp3) is 0.409. The van der Waals surface area contributed by atoms with Gasteiger partial charge in [0.05, 0.1) is 5.56 Å². The standard InChI is InChI=1S/C22H32N6O.HI/c1-18(28(3)17-19-8-5-4-6-9-19)11-13-26-22(23-2)27-15-14-25-21(29)20-10-7-12-24-16-20;/h4-10,12,16,18H,11,13-15,17H2,1-3H3,(H,25,29)(H2,23,26,27);1H. The van der Waals surface area contributed by atoms with Gasteiger partial charge in [-0.15, -0.1) is 24.0 Å². The summed E-state index contributed by atoms with van der Waals surface area (Å²) in [4.78, 5) is 22.5. The van der Waals surface area contributed by atoms with Gasteiger partial charge in [-0.25, -0.2) is 0 Å².